The zero-order chi connectivity index (χ0) is 8.27. The molecule has 2 nitrogen and oxygen atoms in total. The van der Waals surface area contributed by atoms with Gasteiger partial charge in [0.15, 0.2) is 0 Å². The molecule has 0 amide bonds. The molecule has 0 saturated heterocycles. The number of carbonyl (C=O) groups excluding carboxylic acids is 1. The van der Waals surface area contributed by atoms with Crippen molar-refractivity contribution in [2.24, 2.45) is 0 Å². The summed E-state index contributed by atoms with van der Waals surface area (Å²) < 4.78 is 0. The van der Waals surface area contributed by atoms with Crippen molar-refractivity contribution in [3.63, 3.8) is 0 Å². The first-order chi connectivity index (χ1) is 5.18. The van der Waals surface area contributed by atoms with Crippen LogP contribution in [0.2, 0.25) is 0 Å². The van der Waals surface area contributed by atoms with Gasteiger partial charge in [0.05, 0.1) is 0 Å². The van der Waals surface area contributed by atoms with Crippen LogP contribution in [0.4, 0.5) is 0 Å². The van der Waals surface area contributed by atoms with Crippen molar-refractivity contribution in [3.05, 3.63) is 35.4 Å². The molecule has 0 fully saturated rings. The Balaban J connectivity index is 0.00000121. The Hall–Kier alpha value is -0.310. The van der Waals surface area contributed by atoms with E-state index in [1.54, 1.807) is 6.07 Å². The van der Waals surface area contributed by atoms with Crippen LogP contribution < -0.4 is 34.7 Å². The van der Waals surface area contributed by atoms with Crippen LogP contribution in [-0.4, -0.2) is 5.97 Å². The van der Waals surface area contributed by atoms with Gasteiger partial charge in [0, 0.05) is 12.4 Å². The maximum absolute atomic E-state index is 10.2. The van der Waals surface area contributed by atoms with E-state index in [1.807, 2.05) is 25.1 Å². The fourth-order valence-corrected chi connectivity index (χ4v) is 0.989. The van der Waals surface area contributed by atoms with Crippen molar-refractivity contribution in [1.82, 2.24) is 0 Å². The number of rotatable bonds is 2. The molecule has 3 heteroatoms. The Bertz CT molecular complexity index is 271. The molecule has 0 atom stereocenters. The SMILES string of the molecule is Cc1cccc(CC(=O)[O-])c1.[Na+]. The molecule has 1 aromatic carbocycles. The van der Waals surface area contributed by atoms with E-state index in [0.29, 0.717) is 0 Å². The Morgan fingerprint density at radius 1 is 1.50 bits per heavy atom. The van der Waals surface area contributed by atoms with E-state index in [1.165, 1.54) is 0 Å². The van der Waals surface area contributed by atoms with Gasteiger partial charge in [-0.15, -0.1) is 0 Å². The maximum Gasteiger partial charge on any atom is 1.00 e. The Labute approximate surface area is 93.9 Å². The van der Waals surface area contributed by atoms with E-state index in [-0.39, 0.29) is 36.0 Å². The van der Waals surface area contributed by atoms with Crippen LogP contribution in [0.1, 0.15) is 11.1 Å². The summed E-state index contributed by atoms with van der Waals surface area (Å²) in [4.78, 5) is 10.2. The zero-order valence-corrected chi connectivity index (χ0v) is 9.33. The molecule has 0 heterocycles. The van der Waals surface area contributed by atoms with Gasteiger partial charge in [-0.2, -0.15) is 0 Å². The second-order valence-electron chi connectivity index (χ2n) is 2.54. The number of hydrogen-bond acceptors (Lipinski definition) is 2. The van der Waals surface area contributed by atoms with E-state index in [2.05, 4.69) is 0 Å². The number of carbonyl (C=O) groups is 1. The number of aliphatic carboxylic acids is 1. The largest absolute Gasteiger partial charge is 1.00 e. The first kappa shape index (κ1) is 11.7. The fourth-order valence-electron chi connectivity index (χ4n) is 0.989. The molecule has 1 rings (SSSR count). The first-order valence-electron chi connectivity index (χ1n) is 3.44. The second kappa shape index (κ2) is 5.36. The molecule has 0 spiro atoms. The van der Waals surface area contributed by atoms with Gasteiger partial charge in [0.2, 0.25) is 0 Å². The van der Waals surface area contributed by atoms with Crippen LogP contribution >= 0.6 is 0 Å². The Morgan fingerprint density at radius 2 is 2.17 bits per heavy atom. The normalized spacial score (nSPS) is 8.75. The summed E-state index contributed by atoms with van der Waals surface area (Å²) in [5.74, 6) is -1.03. The quantitative estimate of drug-likeness (QED) is 0.455. The standard InChI is InChI=1S/C9H10O2.Na/c1-7-3-2-4-8(5-7)6-9(10)11;/h2-5H,6H2,1H3,(H,10,11);/q;+1/p-1. The van der Waals surface area contributed by atoms with Crippen LogP contribution in [0.5, 0.6) is 0 Å². The van der Waals surface area contributed by atoms with Gasteiger partial charge in [-0.3, -0.25) is 0 Å². The molecule has 12 heavy (non-hydrogen) atoms. The minimum atomic E-state index is -1.03. The summed E-state index contributed by atoms with van der Waals surface area (Å²) in [5, 5.41) is 10.2. The smallest absolute Gasteiger partial charge is 0.550 e. The van der Waals surface area contributed by atoms with Crippen LogP contribution in [0.25, 0.3) is 0 Å². The van der Waals surface area contributed by atoms with E-state index >= 15 is 0 Å². The fraction of sp³-hybridized carbons (Fsp3) is 0.222. The van der Waals surface area contributed by atoms with Crippen molar-refractivity contribution >= 4 is 5.97 Å². The molecular formula is C9H9NaO2. The van der Waals surface area contributed by atoms with E-state index in [0.717, 1.165) is 11.1 Å². The summed E-state index contributed by atoms with van der Waals surface area (Å²) in [7, 11) is 0. The summed E-state index contributed by atoms with van der Waals surface area (Å²) in [6.07, 6.45) is 0.00167. The van der Waals surface area contributed by atoms with Crippen LogP contribution in [0.15, 0.2) is 24.3 Å². The van der Waals surface area contributed by atoms with E-state index in [9.17, 15) is 9.90 Å². The minimum absolute atomic E-state index is 0. The van der Waals surface area contributed by atoms with Crippen LogP contribution in [0.3, 0.4) is 0 Å². The molecule has 0 saturated carbocycles. The van der Waals surface area contributed by atoms with Crippen molar-refractivity contribution < 1.29 is 39.5 Å². The number of aryl methyl sites for hydroxylation is 1. The predicted octanol–water partition coefficient (Wildman–Crippen LogP) is -2.71. The average molecular weight is 172 g/mol. The van der Waals surface area contributed by atoms with Gasteiger partial charge in [-0.1, -0.05) is 29.8 Å². The third-order valence-corrected chi connectivity index (χ3v) is 1.43. The second-order valence-corrected chi connectivity index (χ2v) is 2.54. The minimum Gasteiger partial charge on any atom is -0.550 e. The summed E-state index contributed by atoms with van der Waals surface area (Å²) in [6, 6.07) is 7.39. The topological polar surface area (TPSA) is 40.1 Å². The summed E-state index contributed by atoms with van der Waals surface area (Å²) in [6.45, 7) is 1.93. The Morgan fingerprint density at radius 3 is 2.67 bits per heavy atom. The molecular weight excluding hydrogens is 163 g/mol. The number of hydrogen-bond donors (Lipinski definition) is 0. The monoisotopic (exact) mass is 172 g/mol. The molecule has 0 aliphatic rings. The number of benzene rings is 1. The summed E-state index contributed by atoms with van der Waals surface area (Å²) in [5.41, 5.74) is 1.87. The third-order valence-electron chi connectivity index (χ3n) is 1.43. The number of carboxylic acid groups (broad SMARTS) is 1. The van der Waals surface area contributed by atoms with Crippen molar-refractivity contribution in [1.29, 1.82) is 0 Å². The molecule has 0 radical (unpaired) electrons. The molecule has 0 bridgehead atoms. The van der Waals surface area contributed by atoms with Gasteiger partial charge in [0.25, 0.3) is 0 Å². The molecule has 0 N–H and O–H groups in total. The average Bonchev–Trinajstić information content (AvgIpc) is 1.85. The first-order valence-corrected chi connectivity index (χ1v) is 3.44. The van der Waals surface area contributed by atoms with Gasteiger partial charge >= 0.3 is 29.6 Å². The van der Waals surface area contributed by atoms with Gasteiger partial charge < -0.3 is 9.90 Å². The van der Waals surface area contributed by atoms with Gasteiger partial charge in [-0.25, -0.2) is 0 Å². The summed E-state index contributed by atoms with van der Waals surface area (Å²) >= 11 is 0. The number of carboxylic acids is 1. The molecule has 58 valence electrons. The predicted molar refractivity (Wildman–Crippen MR) is 39.9 cm³/mol. The maximum atomic E-state index is 10.2. The third kappa shape index (κ3) is 3.90. The van der Waals surface area contributed by atoms with Gasteiger partial charge in [0.1, 0.15) is 0 Å². The van der Waals surface area contributed by atoms with Gasteiger partial charge in [-0.05, 0) is 12.5 Å². The molecule has 0 unspecified atom stereocenters. The molecule has 0 aliphatic carbocycles. The zero-order valence-electron chi connectivity index (χ0n) is 7.33. The van der Waals surface area contributed by atoms with Crippen molar-refractivity contribution in [3.8, 4) is 0 Å². The van der Waals surface area contributed by atoms with Crippen LogP contribution in [0, 0.1) is 6.92 Å². The molecule has 0 aromatic heterocycles. The Kier molecular flexibility index (Phi) is 5.22. The van der Waals surface area contributed by atoms with Crippen LogP contribution in [-0.2, 0) is 11.2 Å². The van der Waals surface area contributed by atoms with Crippen molar-refractivity contribution in [2.45, 2.75) is 13.3 Å². The van der Waals surface area contributed by atoms with E-state index in [4.69, 9.17) is 0 Å². The molecule has 0 aliphatic heterocycles. The van der Waals surface area contributed by atoms with E-state index < -0.39 is 5.97 Å². The van der Waals surface area contributed by atoms with Crippen molar-refractivity contribution in [2.75, 3.05) is 0 Å². The molecule has 1 aromatic rings.